The summed E-state index contributed by atoms with van der Waals surface area (Å²) >= 11 is 10.7. The quantitative estimate of drug-likeness (QED) is 0.333. The zero-order chi connectivity index (χ0) is 7.11. The third-order valence-electron chi connectivity index (χ3n) is 0.659. The molecule has 0 spiro atoms. The summed E-state index contributed by atoms with van der Waals surface area (Å²) in [5.41, 5.74) is 0. The summed E-state index contributed by atoms with van der Waals surface area (Å²) in [6.07, 6.45) is 1.72. The highest BCUT2D eigenvalue weighted by Crippen LogP contribution is 1.94. The van der Waals surface area contributed by atoms with Gasteiger partial charge in [0.25, 0.3) is 0 Å². The van der Waals surface area contributed by atoms with E-state index in [0.717, 1.165) is 12.8 Å². The number of rotatable bonds is 2. The van der Waals surface area contributed by atoms with Gasteiger partial charge in [0.2, 0.25) is 0 Å². The Bertz CT molecular complexity index is 139. The average Bonchev–Trinajstić information content (AvgIpc) is 1.80. The van der Waals surface area contributed by atoms with Gasteiger partial charge in [-0.15, -0.1) is 11.6 Å². The number of halogens is 2. The highest BCUT2D eigenvalue weighted by atomic mass is 35.5. The Hall–Kier alpha value is -0.120. The number of hydrogen-bond donors (Lipinski definition) is 0. The van der Waals surface area contributed by atoms with Crippen molar-refractivity contribution < 1.29 is 0 Å². The largest absolute Gasteiger partial charge is 0.127 e. The van der Waals surface area contributed by atoms with E-state index in [1.807, 2.05) is 0 Å². The Morgan fingerprint density at radius 1 is 1.56 bits per heavy atom. The Kier molecular flexibility index (Phi) is 5.93. The maximum atomic E-state index is 5.39. The third-order valence-corrected chi connectivity index (χ3v) is 1.02. The van der Waals surface area contributed by atoms with Crippen molar-refractivity contribution in [3.05, 3.63) is 11.6 Å². The summed E-state index contributed by atoms with van der Waals surface area (Å²) in [7, 11) is 0. The van der Waals surface area contributed by atoms with Gasteiger partial charge in [-0.05, 0) is 6.42 Å². The van der Waals surface area contributed by atoms with Gasteiger partial charge in [-0.1, -0.05) is 30.0 Å². The van der Waals surface area contributed by atoms with Gasteiger partial charge in [0.15, 0.2) is 0 Å². The van der Waals surface area contributed by atoms with Crippen molar-refractivity contribution in [3.8, 4) is 11.8 Å². The van der Waals surface area contributed by atoms with Gasteiger partial charge in [0.1, 0.15) is 0 Å². The lowest BCUT2D eigenvalue weighted by Gasteiger charge is -1.81. The van der Waals surface area contributed by atoms with Gasteiger partial charge in [0.05, 0.1) is 5.03 Å². The summed E-state index contributed by atoms with van der Waals surface area (Å²) in [5.74, 6) is 6.12. The Morgan fingerprint density at radius 2 is 2.22 bits per heavy atom. The molecule has 0 unspecified atom stereocenters. The van der Waals surface area contributed by atoms with Gasteiger partial charge in [-0.2, -0.15) is 0 Å². The minimum absolute atomic E-state index is 0.393. The molecule has 0 aromatic carbocycles. The summed E-state index contributed by atoms with van der Waals surface area (Å²) in [6.45, 7) is 3.41. The van der Waals surface area contributed by atoms with Crippen LogP contribution in [0.25, 0.3) is 0 Å². The number of allylic oxidation sites excluding steroid dienone is 1. The second kappa shape index (κ2) is 6.01. The molecule has 0 rings (SSSR count). The van der Waals surface area contributed by atoms with Crippen LogP contribution in [0.15, 0.2) is 11.6 Å². The van der Waals surface area contributed by atoms with Crippen LogP contribution in [-0.2, 0) is 0 Å². The van der Waals surface area contributed by atoms with Crippen LogP contribution in [0.3, 0.4) is 0 Å². The van der Waals surface area contributed by atoms with Crippen molar-refractivity contribution in [1.29, 1.82) is 0 Å². The van der Waals surface area contributed by atoms with Crippen molar-refractivity contribution in [2.45, 2.75) is 12.8 Å². The normalized spacial score (nSPS) is 7.78. The lowest BCUT2D eigenvalue weighted by atomic mass is 10.3. The molecule has 0 bridgehead atoms. The van der Waals surface area contributed by atoms with E-state index in [1.165, 1.54) is 0 Å². The maximum absolute atomic E-state index is 5.39. The van der Waals surface area contributed by atoms with Crippen molar-refractivity contribution in [1.82, 2.24) is 0 Å². The first-order valence-corrected chi connectivity index (χ1v) is 3.58. The summed E-state index contributed by atoms with van der Waals surface area (Å²) in [6, 6.07) is 0. The van der Waals surface area contributed by atoms with Crippen molar-refractivity contribution in [2.24, 2.45) is 0 Å². The number of hydrogen-bond acceptors (Lipinski definition) is 0. The highest BCUT2D eigenvalue weighted by molar-refractivity contribution is 6.31. The van der Waals surface area contributed by atoms with Gasteiger partial charge in [-0.25, -0.2) is 0 Å². The van der Waals surface area contributed by atoms with Crippen LogP contribution >= 0.6 is 23.2 Å². The van der Waals surface area contributed by atoms with Crippen LogP contribution in [0.4, 0.5) is 0 Å². The molecule has 0 heterocycles. The molecule has 9 heavy (non-hydrogen) atoms. The summed E-state index contributed by atoms with van der Waals surface area (Å²) in [5, 5.41) is 0.393. The van der Waals surface area contributed by atoms with Crippen LogP contribution in [-0.4, -0.2) is 5.88 Å². The molecule has 0 saturated carbocycles. The molecule has 0 nitrogen and oxygen atoms in total. The van der Waals surface area contributed by atoms with Gasteiger partial charge >= 0.3 is 0 Å². The number of alkyl halides is 1. The molecule has 2 heteroatoms. The number of unbranched alkanes of at least 4 members (excludes halogenated alkanes) is 1. The van der Waals surface area contributed by atoms with E-state index in [0.29, 0.717) is 10.9 Å². The Morgan fingerprint density at radius 3 is 2.67 bits per heavy atom. The fourth-order valence-electron chi connectivity index (χ4n) is 0.314. The van der Waals surface area contributed by atoms with E-state index in [4.69, 9.17) is 23.2 Å². The first kappa shape index (κ1) is 8.88. The zero-order valence-corrected chi connectivity index (χ0v) is 6.60. The second-order valence-electron chi connectivity index (χ2n) is 1.50. The molecule has 0 saturated heterocycles. The first-order chi connectivity index (χ1) is 4.27. The van der Waals surface area contributed by atoms with Crippen molar-refractivity contribution in [3.63, 3.8) is 0 Å². The van der Waals surface area contributed by atoms with E-state index in [9.17, 15) is 0 Å². The minimum atomic E-state index is 0.393. The molecular formula is C7H8Cl2. The Balaban J connectivity index is 3.27. The lowest BCUT2D eigenvalue weighted by Crippen LogP contribution is -1.70. The summed E-state index contributed by atoms with van der Waals surface area (Å²) < 4.78 is 0. The summed E-state index contributed by atoms with van der Waals surface area (Å²) in [4.78, 5) is 0. The van der Waals surface area contributed by atoms with Crippen molar-refractivity contribution >= 4 is 23.2 Å². The molecule has 0 radical (unpaired) electrons. The molecule has 0 aliphatic carbocycles. The van der Waals surface area contributed by atoms with Crippen molar-refractivity contribution in [2.75, 3.05) is 5.88 Å². The van der Waals surface area contributed by atoms with Gasteiger partial charge < -0.3 is 0 Å². The molecule has 0 atom stereocenters. The standard InChI is InChI=1S/C7H8Cl2/c1-7(9)5-3-2-4-6-8/h1-2,4,6H2. The predicted octanol–water partition coefficient (Wildman–Crippen LogP) is 2.76. The topological polar surface area (TPSA) is 0 Å². The first-order valence-electron chi connectivity index (χ1n) is 2.66. The lowest BCUT2D eigenvalue weighted by molar-refractivity contribution is 0.991. The monoisotopic (exact) mass is 162 g/mol. The highest BCUT2D eigenvalue weighted by Gasteiger charge is 1.77. The average molecular weight is 163 g/mol. The van der Waals surface area contributed by atoms with Crippen LogP contribution in [0.2, 0.25) is 0 Å². The maximum Gasteiger partial charge on any atom is 0.0832 e. The van der Waals surface area contributed by atoms with Crippen LogP contribution in [0, 0.1) is 11.8 Å². The minimum Gasteiger partial charge on any atom is -0.127 e. The molecular weight excluding hydrogens is 155 g/mol. The SMILES string of the molecule is C=C(Cl)C#CCCCCl. The molecule has 0 aromatic rings. The Labute approximate surface area is 65.8 Å². The van der Waals surface area contributed by atoms with E-state index < -0.39 is 0 Å². The van der Waals surface area contributed by atoms with Gasteiger partial charge in [-0.3, -0.25) is 0 Å². The van der Waals surface area contributed by atoms with Gasteiger partial charge in [0, 0.05) is 12.3 Å². The van der Waals surface area contributed by atoms with Crippen LogP contribution in [0.5, 0.6) is 0 Å². The molecule has 0 aliphatic rings. The van der Waals surface area contributed by atoms with E-state index in [-0.39, 0.29) is 0 Å². The molecule has 0 aliphatic heterocycles. The molecule has 50 valence electrons. The zero-order valence-electron chi connectivity index (χ0n) is 5.08. The fraction of sp³-hybridized carbons (Fsp3) is 0.429. The van der Waals surface area contributed by atoms with E-state index >= 15 is 0 Å². The van der Waals surface area contributed by atoms with E-state index in [1.54, 1.807) is 0 Å². The van der Waals surface area contributed by atoms with E-state index in [2.05, 4.69) is 18.4 Å². The molecule has 0 fully saturated rings. The third kappa shape index (κ3) is 7.88. The smallest absolute Gasteiger partial charge is 0.0832 e. The molecule has 0 aromatic heterocycles. The predicted molar refractivity (Wildman–Crippen MR) is 42.7 cm³/mol. The fourth-order valence-corrected chi connectivity index (χ4v) is 0.514. The molecule has 0 amide bonds. The van der Waals surface area contributed by atoms with Crippen LogP contribution < -0.4 is 0 Å². The second-order valence-corrected chi connectivity index (χ2v) is 2.33. The van der Waals surface area contributed by atoms with Crippen LogP contribution in [0.1, 0.15) is 12.8 Å². The molecule has 0 N–H and O–H groups in total.